The number of benzene rings is 2. The van der Waals surface area contributed by atoms with Crippen molar-refractivity contribution in [1.82, 2.24) is 10.2 Å². The maximum absolute atomic E-state index is 13.9. The third-order valence-corrected chi connectivity index (χ3v) is 4.85. The van der Waals surface area contributed by atoms with Gasteiger partial charge in [0, 0.05) is 12.1 Å². The van der Waals surface area contributed by atoms with Crippen molar-refractivity contribution in [3.63, 3.8) is 0 Å². The van der Waals surface area contributed by atoms with Crippen molar-refractivity contribution in [2.24, 2.45) is 0 Å². The summed E-state index contributed by atoms with van der Waals surface area (Å²) in [6.45, 7) is 4.56. The third kappa shape index (κ3) is 4.68. The molecule has 29 heavy (non-hydrogen) atoms. The van der Waals surface area contributed by atoms with Crippen molar-refractivity contribution >= 4 is 40.9 Å². The number of likely N-dealkylation sites (N-methyl/N-ethyl adjacent to an activating group) is 1. The van der Waals surface area contributed by atoms with Crippen LogP contribution in [0.25, 0.3) is 6.08 Å². The molecular weight excluding hydrogens is 415 g/mol. The minimum atomic E-state index is -0.356. The zero-order valence-electron chi connectivity index (χ0n) is 16.0. The Kier molecular flexibility index (Phi) is 6.71. The molecule has 1 amide bonds. The lowest BCUT2D eigenvalue weighted by Crippen LogP contribution is -2.30. The Morgan fingerprint density at radius 1 is 1.24 bits per heavy atom. The highest BCUT2D eigenvalue weighted by molar-refractivity contribution is 7.80. The monoisotopic (exact) mass is 434 g/mol. The second kappa shape index (κ2) is 9.24. The van der Waals surface area contributed by atoms with Gasteiger partial charge in [-0.3, -0.25) is 9.69 Å². The largest absolute Gasteiger partial charge is 0.490 e. The van der Waals surface area contributed by atoms with Gasteiger partial charge < -0.3 is 14.8 Å². The van der Waals surface area contributed by atoms with Crippen LogP contribution in [0.5, 0.6) is 11.5 Å². The molecule has 0 aromatic heterocycles. The number of carbonyl (C=O) groups is 1. The Morgan fingerprint density at radius 2 is 2.00 bits per heavy atom. The van der Waals surface area contributed by atoms with E-state index in [-0.39, 0.29) is 18.3 Å². The number of carbonyl (C=O) groups excluding carboxylic acids is 1. The van der Waals surface area contributed by atoms with E-state index in [2.05, 4.69) is 5.32 Å². The third-order valence-electron chi connectivity index (χ3n) is 4.25. The van der Waals surface area contributed by atoms with Crippen molar-refractivity contribution in [2.75, 3.05) is 13.2 Å². The summed E-state index contributed by atoms with van der Waals surface area (Å²) in [5.41, 5.74) is 1.41. The second-order valence-corrected chi connectivity index (χ2v) is 6.97. The van der Waals surface area contributed by atoms with E-state index < -0.39 is 0 Å². The Hall–Kier alpha value is -2.64. The Bertz CT molecular complexity index is 980. The summed E-state index contributed by atoms with van der Waals surface area (Å²) in [4.78, 5) is 13.9. The molecule has 2 aromatic carbocycles. The number of nitrogens with one attached hydrogen (secondary N) is 1. The molecule has 3 rings (SSSR count). The van der Waals surface area contributed by atoms with Crippen LogP contribution in [0, 0.1) is 5.82 Å². The molecular formula is C21H20ClFN2O3S. The van der Waals surface area contributed by atoms with Crippen LogP contribution in [0.2, 0.25) is 5.02 Å². The van der Waals surface area contributed by atoms with Crippen LogP contribution in [-0.2, 0) is 11.4 Å². The normalized spacial score (nSPS) is 15.0. The highest BCUT2D eigenvalue weighted by Crippen LogP contribution is 2.38. The minimum absolute atomic E-state index is 0.00662. The van der Waals surface area contributed by atoms with Crippen LogP contribution in [-0.4, -0.2) is 29.1 Å². The average Bonchev–Trinajstić information content (AvgIpc) is 2.95. The summed E-state index contributed by atoms with van der Waals surface area (Å²) >= 11 is 11.6. The van der Waals surface area contributed by atoms with Gasteiger partial charge in [0.25, 0.3) is 5.91 Å². The highest BCUT2D eigenvalue weighted by atomic mass is 35.5. The van der Waals surface area contributed by atoms with Gasteiger partial charge in [-0.2, -0.15) is 0 Å². The number of nitrogens with zero attached hydrogens (tertiary/aromatic N) is 1. The molecule has 0 spiro atoms. The molecule has 1 heterocycles. The molecule has 0 atom stereocenters. The van der Waals surface area contributed by atoms with E-state index in [1.165, 1.54) is 11.0 Å². The van der Waals surface area contributed by atoms with Crippen LogP contribution in [0.4, 0.5) is 4.39 Å². The van der Waals surface area contributed by atoms with Gasteiger partial charge in [0.1, 0.15) is 18.1 Å². The van der Waals surface area contributed by atoms with Crippen molar-refractivity contribution in [3.8, 4) is 11.5 Å². The Labute approximate surface area is 179 Å². The van der Waals surface area contributed by atoms with E-state index in [1.54, 1.807) is 36.4 Å². The van der Waals surface area contributed by atoms with Gasteiger partial charge in [-0.15, -0.1) is 0 Å². The van der Waals surface area contributed by atoms with Crippen LogP contribution in [0.1, 0.15) is 25.0 Å². The first kappa shape index (κ1) is 21.1. The summed E-state index contributed by atoms with van der Waals surface area (Å²) in [6, 6.07) is 9.73. The predicted octanol–water partition coefficient (Wildman–Crippen LogP) is 4.53. The predicted molar refractivity (Wildman–Crippen MR) is 114 cm³/mol. The quantitative estimate of drug-likeness (QED) is 0.512. The summed E-state index contributed by atoms with van der Waals surface area (Å²) in [7, 11) is 0. The topological polar surface area (TPSA) is 50.8 Å². The van der Waals surface area contributed by atoms with E-state index in [1.807, 2.05) is 13.8 Å². The lowest BCUT2D eigenvalue weighted by molar-refractivity contribution is -0.122. The summed E-state index contributed by atoms with van der Waals surface area (Å²) in [5.74, 6) is 0.163. The van der Waals surface area contributed by atoms with Gasteiger partial charge in [-0.1, -0.05) is 29.8 Å². The zero-order valence-corrected chi connectivity index (χ0v) is 17.6. The molecule has 1 fully saturated rings. The second-order valence-electron chi connectivity index (χ2n) is 6.18. The van der Waals surface area contributed by atoms with Crippen LogP contribution in [0.15, 0.2) is 42.1 Å². The van der Waals surface area contributed by atoms with Crippen molar-refractivity contribution in [1.29, 1.82) is 0 Å². The van der Waals surface area contributed by atoms with Gasteiger partial charge in [-0.25, -0.2) is 4.39 Å². The van der Waals surface area contributed by atoms with Crippen LogP contribution < -0.4 is 14.8 Å². The molecule has 0 saturated carbocycles. The first-order chi connectivity index (χ1) is 13.9. The molecule has 8 heteroatoms. The molecule has 2 aromatic rings. The first-order valence-electron chi connectivity index (χ1n) is 9.11. The van der Waals surface area contributed by atoms with Gasteiger partial charge in [0.2, 0.25) is 0 Å². The van der Waals surface area contributed by atoms with E-state index in [0.29, 0.717) is 51.6 Å². The summed E-state index contributed by atoms with van der Waals surface area (Å²) in [5, 5.41) is 3.56. The molecule has 1 aliphatic rings. The first-order valence-corrected chi connectivity index (χ1v) is 9.90. The molecule has 5 nitrogen and oxygen atoms in total. The number of thiocarbonyl (C=S) groups is 1. The molecule has 1 aliphatic heterocycles. The summed E-state index contributed by atoms with van der Waals surface area (Å²) in [6.07, 6.45) is 1.65. The van der Waals surface area contributed by atoms with Crippen LogP contribution in [0.3, 0.4) is 0 Å². The highest BCUT2D eigenvalue weighted by Gasteiger charge is 2.29. The SMILES string of the molecule is CCOc1cc(C=C2NC(=S)N(CC)C2=O)cc(Cl)c1OCc1ccccc1F. The molecule has 0 radical (unpaired) electrons. The number of amides is 1. The Balaban J connectivity index is 1.89. The van der Waals surface area contributed by atoms with Gasteiger partial charge >= 0.3 is 0 Å². The average molecular weight is 435 g/mol. The maximum atomic E-state index is 13.9. The van der Waals surface area contributed by atoms with E-state index in [9.17, 15) is 9.18 Å². The Morgan fingerprint density at radius 3 is 2.66 bits per heavy atom. The maximum Gasteiger partial charge on any atom is 0.276 e. The fourth-order valence-corrected chi connectivity index (χ4v) is 3.46. The number of hydrogen-bond donors (Lipinski definition) is 1. The molecule has 0 unspecified atom stereocenters. The number of rotatable bonds is 7. The number of halogens is 2. The number of hydrogen-bond acceptors (Lipinski definition) is 4. The fourth-order valence-electron chi connectivity index (χ4n) is 2.87. The smallest absolute Gasteiger partial charge is 0.276 e. The van der Waals surface area contributed by atoms with E-state index in [4.69, 9.17) is 33.3 Å². The minimum Gasteiger partial charge on any atom is -0.490 e. The van der Waals surface area contributed by atoms with E-state index in [0.717, 1.165) is 0 Å². The zero-order chi connectivity index (χ0) is 21.0. The van der Waals surface area contributed by atoms with Gasteiger partial charge in [0.15, 0.2) is 16.6 Å². The number of ether oxygens (including phenoxy) is 2. The lowest BCUT2D eigenvalue weighted by Gasteiger charge is -2.15. The van der Waals surface area contributed by atoms with Crippen molar-refractivity contribution in [2.45, 2.75) is 20.5 Å². The van der Waals surface area contributed by atoms with Gasteiger partial charge in [0.05, 0.1) is 11.6 Å². The molecule has 0 aliphatic carbocycles. The van der Waals surface area contributed by atoms with Gasteiger partial charge in [-0.05, 0) is 55.9 Å². The molecule has 152 valence electrons. The fraction of sp³-hybridized carbons (Fsp3) is 0.238. The van der Waals surface area contributed by atoms with Crippen LogP contribution >= 0.6 is 23.8 Å². The molecule has 0 bridgehead atoms. The standard InChI is InChI=1S/C21H20ClFN2O3S/c1-3-25-20(26)17(24-21(25)29)10-13-9-15(22)19(18(11-13)27-4-2)28-12-14-7-5-6-8-16(14)23/h5-11H,3-4,12H2,1-2H3,(H,24,29). The lowest BCUT2D eigenvalue weighted by atomic mass is 10.1. The molecule has 1 saturated heterocycles. The molecule has 1 N–H and O–H groups in total. The summed E-state index contributed by atoms with van der Waals surface area (Å²) < 4.78 is 25.3. The van der Waals surface area contributed by atoms with E-state index >= 15 is 0 Å². The van der Waals surface area contributed by atoms with Crippen molar-refractivity contribution in [3.05, 3.63) is 64.1 Å². The van der Waals surface area contributed by atoms with Crippen molar-refractivity contribution < 1.29 is 18.7 Å².